The summed E-state index contributed by atoms with van der Waals surface area (Å²) in [5.74, 6) is -1.89. The van der Waals surface area contributed by atoms with Crippen LogP contribution >= 0.6 is 0 Å². The first kappa shape index (κ1) is 23.7. The van der Waals surface area contributed by atoms with Crippen molar-refractivity contribution >= 4 is 16.9 Å². The van der Waals surface area contributed by atoms with Crippen molar-refractivity contribution in [2.24, 2.45) is 0 Å². The maximum absolute atomic E-state index is 13.3. The lowest BCUT2D eigenvalue weighted by Gasteiger charge is -2.20. The largest absolute Gasteiger partial charge is 0.508 e. The normalized spacial score (nSPS) is 12.0. The number of alkyl halides is 2. The lowest BCUT2D eigenvalue weighted by molar-refractivity contribution is -0.140. The zero-order valence-electron chi connectivity index (χ0n) is 18.4. The number of esters is 1. The van der Waals surface area contributed by atoms with Crippen LogP contribution in [0, 0.1) is 0 Å². The predicted molar refractivity (Wildman–Crippen MR) is 123 cm³/mol. The Balaban J connectivity index is 1.91. The lowest BCUT2D eigenvalue weighted by Crippen LogP contribution is -2.13. The van der Waals surface area contributed by atoms with Crippen LogP contribution in [0.2, 0.25) is 0 Å². The van der Waals surface area contributed by atoms with Gasteiger partial charge in [-0.25, -0.2) is 0 Å². The second-order valence-corrected chi connectivity index (χ2v) is 7.68. The minimum Gasteiger partial charge on any atom is -0.508 e. The molecule has 1 unspecified atom stereocenters. The number of benzene rings is 3. The molecule has 2 N–H and O–H groups in total. The topological polar surface area (TPSA) is 106 Å². The van der Waals surface area contributed by atoms with Crippen molar-refractivity contribution in [2.45, 2.75) is 19.0 Å². The van der Waals surface area contributed by atoms with Gasteiger partial charge in [0.1, 0.15) is 29.1 Å². The number of hydrogen-bond donors (Lipinski definition) is 2. The quantitative estimate of drug-likeness (QED) is 0.350. The number of carbonyl (C=O) groups is 1. The van der Waals surface area contributed by atoms with Gasteiger partial charge in [-0.05, 0) is 47.5 Å². The first-order valence-corrected chi connectivity index (χ1v) is 10.5. The summed E-state index contributed by atoms with van der Waals surface area (Å²) in [6, 6.07) is 14.4. The minimum absolute atomic E-state index is 0.0339. The summed E-state index contributed by atoms with van der Waals surface area (Å²) in [6.45, 7) is -3.05. The standard InChI is InChI=1S/C26H20F2O7/c1-33-22(31)12-19(15-3-2-4-17(11-15)35-26(27)28)23-21(30)10-9-18-24(32)20(13-34-25(18)23)14-5-7-16(29)8-6-14/h2-11,13,19,26,29-30H,12H2,1H3. The Kier molecular flexibility index (Phi) is 6.68. The number of rotatable bonds is 7. The van der Waals surface area contributed by atoms with Crippen molar-refractivity contribution in [3.05, 3.63) is 88.3 Å². The van der Waals surface area contributed by atoms with E-state index in [4.69, 9.17) is 9.15 Å². The summed E-state index contributed by atoms with van der Waals surface area (Å²) in [5, 5.41) is 20.4. The molecular formula is C26H20F2O7. The highest BCUT2D eigenvalue weighted by molar-refractivity contribution is 5.87. The smallest absolute Gasteiger partial charge is 0.387 e. The molecule has 0 radical (unpaired) electrons. The molecule has 0 aliphatic carbocycles. The molecular weight excluding hydrogens is 462 g/mol. The molecule has 4 aromatic rings. The number of hydrogen-bond acceptors (Lipinski definition) is 7. The molecule has 0 saturated carbocycles. The number of aromatic hydroxyl groups is 2. The molecule has 0 fully saturated rings. The Labute approximate surface area is 197 Å². The summed E-state index contributed by atoms with van der Waals surface area (Å²) in [4.78, 5) is 25.5. The molecule has 1 aromatic heterocycles. The number of methoxy groups -OCH3 is 1. The Hall–Kier alpha value is -4.40. The summed E-state index contributed by atoms with van der Waals surface area (Å²) < 4.78 is 40.6. The van der Waals surface area contributed by atoms with E-state index in [0.717, 1.165) is 0 Å². The number of carbonyl (C=O) groups excluding carboxylic acids is 1. The Morgan fingerprint density at radius 2 is 1.80 bits per heavy atom. The molecule has 4 rings (SSSR count). The molecule has 35 heavy (non-hydrogen) atoms. The molecule has 9 heteroatoms. The second-order valence-electron chi connectivity index (χ2n) is 7.68. The van der Waals surface area contributed by atoms with Crippen LogP contribution < -0.4 is 10.2 Å². The Bertz CT molecular complexity index is 1430. The van der Waals surface area contributed by atoms with Gasteiger partial charge < -0.3 is 24.1 Å². The summed E-state index contributed by atoms with van der Waals surface area (Å²) >= 11 is 0. The highest BCUT2D eigenvalue weighted by atomic mass is 19.3. The van der Waals surface area contributed by atoms with E-state index in [1.54, 1.807) is 18.2 Å². The zero-order valence-corrected chi connectivity index (χ0v) is 18.4. The number of ether oxygens (including phenoxy) is 2. The van der Waals surface area contributed by atoms with Crippen LogP contribution in [0.3, 0.4) is 0 Å². The van der Waals surface area contributed by atoms with Gasteiger partial charge in [0.15, 0.2) is 0 Å². The molecule has 1 atom stereocenters. The Morgan fingerprint density at radius 1 is 1.06 bits per heavy atom. The monoisotopic (exact) mass is 482 g/mol. The number of fused-ring (bicyclic) bond motifs is 1. The van der Waals surface area contributed by atoms with Crippen LogP contribution in [0.5, 0.6) is 17.2 Å². The van der Waals surface area contributed by atoms with Gasteiger partial charge in [0, 0.05) is 11.5 Å². The van der Waals surface area contributed by atoms with E-state index < -0.39 is 23.9 Å². The van der Waals surface area contributed by atoms with Crippen LogP contribution in [0.15, 0.2) is 76.1 Å². The van der Waals surface area contributed by atoms with Gasteiger partial charge in [0.05, 0.1) is 24.5 Å². The van der Waals surface area contributed by atoms with Crippen molar-refractivity contribution in [2.75, 3.05) is 7.11 Å². The van der Waals surface area contributed by atoms with Gasteiger partial charge in [-0.1, -0.05) is 24.3 Å². The molecule has 0 bridgehead atoms. The number of phenolic OH excluding ortho intramolecular Hbond substituents is 2. The summed E-state index contributed by atoms with van der Waals surface area (Å²) in [5.41, 5.74) is 0.858. The number of phenols is 2. The van der Waals surface area contributed by atoms with Crippen molar-refractivity contribution in [1.82, 2.24) is 0 Å². The van der Waals surface area contributed by atoms with Crippen molar-refractivity contribution in [1.29, 1.82) is 0 Å². The molecule has 7 nitrogen and oxygen atoms in total. The summed E-state index contributed by atoms with van der Waals surface area (Å²) in [7, 11) is 1.20. The van der Waals surface area contributed by atoms with Gasteiger partial charge >= 0.3 is 12.6 Å². The lowest BCUT2D eigenvalue weighted by atomic mass is 9.86. The molecule has 0 aliphatic rings. The van der Waals surface area contributed by atoms with E-state index in [-0.39, 0.29) is 45.8 Å². The molecule has 180 valence electrons. The first-order chi connectivity index (χ1) is 16.8. The molecule has 1 heterocycles. The third-order valence-electron chi connectivity index (χ3n) is 5.57. The van der Waals surface area contributed by atoms with Gasteiger partial charge in [0.2, 0.25) is 5.43 Å². The van der Waals surface area contributed by atoms with E-state index in [1.165, 1.54) is 55.8 Å². The SMILES string of the molecule is COC(=O)CC(c1cccc(OC(F)F)c1)c1c(O)ccc2c(=O)c(-c3ccc(O)cc3)coc12. The molecule has 0 spiro atoms. The van der Waals surface area contributed by atoms with Gasteiger partial charge in [-0.2, -0.15) is 8.78 Å². The Morgan fingerprint density at radius 3 is 2.49 bits per heavy atom. The maximum atomic E-state index is 13.3. The van der Waals surface area contributed by atoms with Crippen LogP contribution in [0.1, 0.15) is 23.5 Å². The highest BCUT2D eigenvalue weighted by Crippen LogP contribution is 2.40. The van der Waals surface area contributed by atoms with E-state index in [0.29, 0.717) is 11.1 Å². The van der Waals surface area contributed by atoms with Gasteiger partial charge in [-0.15, -0.1) is 0 Å². The minimum atomic E-state index is -3.05. The van der Waals surface area contributed by atoms with E-state index in [2.05, 4.69) is 4.74 Å². The molecule has 0 aliphatic heterocycles. The van der Waals surface area contributed by atoms with Crippen molar-refractivity contribution in [3.8, 4) is 28.4 Å². The van der Waals surface area contributed by atoms with Crippen molar-refractivity contribution in [3.63, 3.8) is 0 Å². The first-order valence-electron chi connectivity index (χ1n) is 10.5. The number of halogens is 2. The second kappa shape index (κ2) is 9.84. The fourth-order valence-electron chi connectivity index (χ4n) is 3.93. The van der Waals surface area contributed by atoms with Crippen molar-refractivity contribution < 1.29 is 37.7 Å². The third kappa shape index (κ3) is 4.93. The predicted octanol–water partition coefficient (Wildman–Crippen LogP) is 5.17. The van der Waals surface area contributed by atoms with E-state index in [9.17, 15) is 28.6 Å². The van der Waals surface area contributed by atoms with Crippen LogP contribution in [-0.4, -0.2) is 29.9 Å². The van der Waals surface area contributed by atoms with Gasteiger partial charge in [0.25, 0.3) is 0 Å². The maximum Gasteiger partial charge on any atom is 0.387 e. The highest BCUT2D eigenvalue weighted by Gasteiger charge is 2.27. The van der Waals surface area contributed by atoms with Crippen LogP contribution in [0.25, 0.3) is 22.1 Å². The zero-order chi connectivity index (χ0) is 25.1. The van der Waals surface area contributed by atoms with Gasteiger partial charge in [-0.3, -0.25) is 9.59 Å². The fourth-order valence-corrected chi connectivity index (χ4v) is 3.93. The van der Waals surface area contributed by atoms with Crippen LogP contribution in [-0.2, 0) is 9.53 Å². The van der Waals surface area contributed by atoms with E-state index >= 15 is 0 Å². The summed E-state index contributed by atoms with van der Waals surface area (Å²) in [6.07, 6.45) is 0.955. The fraction of sp³-hybridized carbons (Fsp3) is 0.154. The average molecular weight is 482 g/mol. The van der Waals surface area contributed by atoms with Crippen LogP contribution in [0.4, 0.5) is 8.78 Å². The molecule has 0 saturated heterocycles. The van der Waals surface area contributed by atoms with E-state index in [1.807, 2.05) is 0 Å². The third-order valence-corrected chi connectivity index (χ3v) is 5.57. The molecule has 0 amide bonds. The molecule has 3 aromatic carbocycles. The average Bonchev–Trinajstić information content (AvgIpc) is 2.83.